The van der Waals surface area contributed by atoms with Crippen molar-refractivity contribution in [2.24, 2.45) is 0 Å². The molecule has 3 rings (SSSR count). The van der Waals surface area contributed by atoms with Crippen molar-refractivity contribution in [3.8, 4) is 11.1 Å². The van der Waals surface area contributed by atoms with Crippen molar-refractivity contribution in [3.05, 3.63) is 84.4 Å². The first-order valence-electron chi connectivity index (χ1n) is 8.57. The molecule has 3 N–H and O–H groups in total. The van der Waals surface area contributed by atoms with Crippen LogP contribution in [0.25, 0.3) is 11.1 Å². The highest BCUT2D eigenvalue weighted by molar-refractivity contribution is 5.89. The number of hydrogen-bond acceptors (Lipinski definition) is 3. The molecule has 0 fully saturated rings. The summed E-state index contributed by atoms with van der Waals surface area (Å²) in [6.45, 7) is -0.245. The number of aromatic nitrogens is 1. The number of aliphatic hydroxyl groups excluding tert-OH is 1. The van der Waals surface area contributed by atoms with Gasteiger partial charge >= 0.3 is 6.03 Å². The first-order chi connectivity index (χ1) is 13.1. The predicted molar refractivity (Wildman–Crippen MR) is 103 cm³/mol. The van der Waals surface area contributed by atoms with Crippen molar-refractivity contribution in [1.82, 2.24) is 10.3 Å². The maximum Gasteiger partial charge on any atom is 0.319 e. The van der Waals surface area contributed by atoms with Crippen LogP contribution in [0.4, 0.5) is 14.9 Å². The Balaban J connectivity index is 1.57. The Labute approximate surface area is 156 Å². The van der Waals surface area contributed by atoms with Crippen LogP contribution in [0.1, 0.15) is 5.56 Å². The van der Waals surface area contributed by atoms with Gasteiger partial charge in [-0.3, -0.25) is 4.98 Å². The number of rotatable bonds is 6. The summed E-state index contributed by atoms with van der Waals surface area (Å²) in [4.78, 5) is 16.2. The van der Waals surface area contributed by atoms with Crippen molar-refractivity contribution in [2.75, 3.05) is 11.9 Å². The lowest BCUT2D eigenvalue weighted by molar-refractivity contribution is 0.224. The van der Waals surface area contributed by atoms with Crippen LogP contribution in [-0.2, 0) is 6.42 Å². The lowest BCUT2D eigenvalue weighted by Gasteiger charge is -2.17. The number of nitrogens with zero attached hydrogens (tertiary/aromatic N) is 1. The minimum absolute atomic E-state index is 0.245. The summed E-state index contributed by atoms with van der Waals surface area (Å²) in [5.41, 5.74) is 3.39. The average molecular weight is 365 g/mol. The molecule has 0 spiro atoms. The van der Waals surface area contributed by atoms with Gasteiger partial charge in [0.05, 0.1) is 12.6 Å². The fraction of sp³-hybridized carbons (Fsp3) is 0.143. The Hall–Kier alpha value is -3.25. The molecule has 1 heterocycles. The number of aliphatic hydroxyl groups is 1. The molecule has 0 bridgehead atoms. The highest BCUT2D eigenvalue weighted by atomic mass is 19.1. The summed E-state index contributed by atoms with van der Waals surface area (Å²) < 4.78 is 13.3. The molecule has 2 amide bonds. The quantitative estimate of drug-likeness (QED) is 0.625. The monoisotopic (exact) mass is 365 g/mol. The molecule has 27 heavy (non-hydrogen) atoms. The Morgan fingerprint density at radius 3 is 2.41 bits per heavy atom. The van der Waals surface area contributed by atoms with Gasteiger partial charge in [0, 0.05) is 18.1 Å². The fourth-order valence-corrected chi connectivity index (χ4v) is 2.75. The molecule has 1 unspecified atom stereocenters. The molecule has 5 nitrogen and oxygen atoms in total. The summed E-state index contributed by atoms with van der Waals surface area (Å²) in [5.74, 6) is -0.345. The van der Waals surface area contributed by atoms with Gasteiger partial charge in [-0.15, -0.1) is 0 Å². The Morgan fingerprint density at radius 1 is 1.04 bits per heavy atom. The highest BCUT2D eigenvalue weighted by Gasteiger charge is 2.13. The third kappa shape index (κ3) is 5.36. The van der Waals surface area contributed by atoms with Crippen molar-refractivity contribution >= 4 is 11.7 Å². The Morgan fingerprint density at radius 2 is 1.74 bits per heavy atom. The largest absolute Gasteiger partial charge is 0.394 e. The lowest BCUT2D eigenvalue weighted by Crippen LogP contribution is -2.41. The summed E-state index contributed by atoms with van der Waals surface area (Å²) in [6, 6.07) is 16.4. The van der Waals surface area contributed by atoms with E-state index in [1.165, 1.54) is 12.1 Å². The summed E-state index contributed by atoms with van der Waals surface area (Å²) in [7, 11) is 0. The van der Waals surface area contributed by atoms with Gasteiger partial charge in [-0.1, -0.05) is 24.3 Å². The summed E-state index contributed by atoms with van der Waals surface area (Å²) in [6.07, 6.45) is 3.79. The number of amides is 2. The highest BCUT2D eigenvalue weighted by Crippen LogP contribution is 2.20. The number of pyridine rings is 1. The van der Waals surface area contributed by atoms with E-state index in [0.29, 0.717) is 17.7 Å². The van der Waals surface area contributed by atoms with Crippen LogP contribution in [-0.4, -0.2) is 28.8 Å². The average Bonchev–Trinajstić information content (AvgIpc) is 2.69. The van der Waals surface area contributed by atoms with Crippen molar-refractivity contribution in [2.45, 2.75) is 12.5 Å². The Kier molecular flexibility index (Phi) is 6.12. The van der Waals surface area contributed by atoms with E-state index < -0.39 is 12.1 Å². The van der Waals surface area contributed by atoms with Gasteiger partial charge < -0.3 is 15.7 Å². The number of carbonyl (C=O) groups excluding carboxylic acids is 1. The second kappa shape index (κ2) is 8.91. The van der Waals surface area contributed by atoms with Crippen LogP contribution in [0.2, 0.25) is 0 Å². The van der Waals surface area contributed by atoms with Gasteiger partial charge in [-0.05, 0) is 59.5 Å². The Bertz CT molecular complexity index is 885. The number of halogens is 1. The topological polar surface area (TPSA) is 74.2 Å². The van der Waals surface area contributed by atoms with Crippen LogP contribution in [0.5, 0.6) is 0 Å². The van der Waals surface area contributed by atoms with Gasteiger partial charge in [0.15, 0.2) is 0 Å². The maximum atomic E-state index is 13.3. The molecule has 0 aliphatic rings. The maximum absolute atomic E-state index is 13.3. The molecule has 1 aromatic heterocycles. The van der Waals surface area contributed by atoms with Crippen LogP contribution in [0, 0.1) is 5.82 Å². The van der Waals surface area contributed by atoms with E-state index in [2.05, 4.69) is 15.6 Å². The molecular weight excluding hydrogens is 345 g/mol. The van der Waals surface area contributed by atoms with Gasteiger partial charge in [-0.2, -0.15) is 0 Å². The smallest absolute Gasteiger partial charge is 0.319 e. The molecule has 1 atom stereocenters. The van der Waals surface area contributed by atoms with Gasteiger partial charge in [0.2, 0.25) is 0 Å². The second-order valence-corrected chi connectivity index (χ2v) is 6.13. The number of nitrogens with one attached hydrogen (secondary N) is 2. The number of benzene rings is 2. The minimum atomic E-state index is -0.511. The van der Waals surface area contributed by atoms with Gasteiger partial charge in [0.1, 0.15) is 5.82 Å². The van der Waals surface area contributed by atoms with Crippen LogP contribution >= 0.6 is 0 Å². The molecule has 2 aromatic carbocycles. The molecule has 0 saturated carbocycles. The summed E-state index contributed by atoms with van der Waals surface area (Å²) in [5, 5.41) is 14.9. The zero-order valence-corrected chi connectivity index (χ0v) is 14.6. The van der Waals surface area contributed by atoms with Crippen molar-refractivity contribution in [3.63, 3.8) is 0 Å². The van der Waals surface area contributed by atoms with E-state index in [4.69, 9.17) is 0 Å². The van der Waals surface area contributed by atoms with Gasteiger partial charge in [0.25, 0.3) is 0 Å². The molecular formula is C21H20FN3O2. The van der Waals surface area contributed by atoms with E-state index in [-0.39, 0.29) is 12.4 Å². The lowest BCUT2D eigenvalue weighted by atomic mass is 10.1. The first-order valence-corrected chi connectivity index (χ1v) is 8.57. The molecule has 0 saturated heterocycles. The molecule has 6 heteroatoms. The SMILES string of the molecule is O=C(Nc1ccc(-c2ccncc2)cc1)NC(CO)Cc1cccc(F)c1. The fourth-order valence-electron chi connectivity index (χ4n) is 2.75. The third-order valence-corrected chi connectivity index (χ3v) is 4.08. The van der Waals surface area contributed by atoms with E-state index in [0.717, 1.165) is 11.1 Å². The van der Waals surface area contributed by atoms with Crippen molar-refractivity contribution in [1.29, 1.82) is 0 Å². The minimum Gasteiger partial charge on any atom is -0.394 e. The normalized spacial score (nSPS) is 11.6. The summed E-state index contributed by atoms with van der Waals surface area (Å²) >= 11 is 0. The second-order valence-electron chi connectivity index (χ2n) is 6.13. The van der Waals surface area contributed by atoms with Crippen LogP contribution in [0.15, 0.2) is 73.1 Å². The number of hydrogen-bond donors (Lipinski definition) is 3. The molecule has 0 radical (unpaired) electrons. The van der Waals surface area contributed by atoms with E-state index in [9.17, 15) is 14.3 Å². The third-order valence-electron chi connectivity index (χ3n) is 4.08. The zero-order chi connectivity index (χ0) is 19.1. The molecule has 0 aliphatic carbocycles. The van der Waals surface area contributed by atoms with Crippen LogP contribution < -0.4 is 10.6 Å². The predicted octanol–water partition coefficient (Wildman–Crippen LogP) is 3.61. The van der Waals surface area contributed by atoms with E-state index in [1.54, 1.807) is 36.7 Å². The zero-order valence-electron chi connectivity index (χ0n) is 14.6. The molecule has 0 aliphatic heterocycles. The van der Waals surface area contributed by atoms with Gasteiger partial charge in [-0.25, -0.2) is 9.18 Å². The van der Waals surface area contributed by atoms with Crippen LogP contribution in [0.3, 0.4) is 0 Å². The first kappa shape index (κ1) is 18.5. The molecule has 3 aromatic rings. The van der Waals surface area contributed by atoms with Crippen molar-refractivity contribution < 1.29 is 14.3 Å². The van der Waals surface area contributed by atoms with E-state index >= 15 is 0 Å². The van der Waals surface area contributed by atoms with E-state index in [1.807, 2.05) is 24.3 Å². The molecule has 138 valence electrons. The standard InChI is InChI=1S/C21H20FN3O2/c22-18-3-1-2-15(12-18)13-20(14-26)25-21(27)24-19-6-4-16(5-7-19)17-8-10-23-11-9-17/h1-12,20,26H,13-14H2,(H2,24,25,27). The number of urea groups is 1. The number of anilines is 1. The number of carbonyl (C=O) groups is 1.